The highest BCUT2D eigenvalue weighted by atomic mass is 32.1. The fraction of sp³-hybridized carbons (Fsp3) is 0.625. The van der Waals surface area contributed by atoms with Crippen LogP contribution in [0.1, 0.15) is 0 Å². The van der Waals surface area contributed by atoms with E-state index in [-0.39, 0.29) is 18.1 Å². The van der Waals surface area contributed by atoms with Gasteiger partial charge in [0.05, 0.1) is 24.7 Å². The molecule has 0 aromatic carbocycles. The molecular weight excluding hydrogens is 304 g/mol. The summed E-state index contributed by atoms with van der Waals surface area (Å²) in [6.07, 6.45) is 0. The van der Waals surface area contributed by atoms with Crippen LogP contribution in [-0.4, -0.2) is 52.9 Å². The van der Waals surface area contributed by atoms with E-state index in [2.05, 4.69) is 47.4 Å². The number of carbonyl (C=O) groups excluding carboxylic acids is 3. The van der Waals surface area contributed by atoms with Crippen LogP contribution >= 0.6 is 37.9 Å². The molecule has 18 heavy (non-hydrogen) atoms. The van der Waals surface area contributed by atoms with Crippen LogP contribution in [0.4, 0.5) is 0 Å². The smallest absolute Gasteiger partial charge is 0.399 e. The summed E-state index contributed by atoms with van der Waals surface area (Å²) in [5.41, 5.74) is 0. The van der Waals surface area contributed by atoms with Crippen molar-refractivity contribution in [1.29, 1.82) is 0 Å². The first-order valence-electron chi connectivity index (χ1n) is 4.55. The predicted molar refractivity (Wildman–Crippen MR) is 69.7 cm³/mol. The van der Waals surface area contributed by atoms with Gasteiger partial charge < -0.3 is 19.3 Å². The van der Waals surface area contributed by atoms with Gasteiger partial charge in [0.1, 0.15) is 0 Å². The Hall–Kier alpha value is -0.420. The van der Waals surface area contributed by atoms with Crippen molar-refractivity contribution in [3.63, 3.8) is 0 Å². The summed E-state index contributed by atoms with van der Waals surface area (Å²) in [4.78, 5) is 33.5. The minimum absolute atomic E-state index is 0.335. The minimum Gasteiger partial charge on any atom is -0.412 e. The monoisotopic (exact) mass is 316 g/mol. The molecule has 0 saturated carbocycles. The molecule has 0 aliphatic carbocycles. The van der Waals surface area contributed by atoms with Gasteiger partial charge in [-0.15, -0.1) is 0 Å². The molecule has 0 amide bonds. The third-order valence-corrected chi connectivity index (χ3v) is 2.28. The van der Waals surface area contributed by atoms with Gasteiger partial charge in [0.2, 0.25) is 0 Å². The van der Waals surface area contributed by atoms with E-state index in [4.69, 9.17) is 9.84 Å². The zero-order valence-corrected chi connectivity index (χ0v) is 11.8. The van der Waals surface area contributed by atoms with Crippen molar-refractivity contribution in [2.45, 2.75) is 5.12 Å². The first-order valence-corrected chi connectivity index (χ1v) is 6.26. The summed E-state index contributed by atoms with van der Waals surface area (Å²) in [6, 6.07) is 0. The maximum atomic E-state index is 11.5. The average molecular weight is 316 g/mol. The van der Waals surface area contributed by atoms with E-state index >= 15 is 0 Å². The zero-order chi connectivity index (χ0) is 14.2. The number of rotatable bonds is 7. The van der Waals surface area contributed by atoms with Crippen LogP contribution < -0.4 is 0 Å². The van der Waals surface area contributed by atoms with Crippen molar-refractivity contribution in [1.82, 2.24) is 0 Å². The Bertz CT molecular complexity index is 322. The summed E-state index contributed by atoms with van der Waals surface area (Å²) in [7, 11) is 0. The highest BCUT2D eigenvalue weighted by Gasteiger charge is 2.43. The third kappa shape index (κ3) is 5.96. The van der Waals surface area contributed by atoms with Gasteiger partial charge >= 0.3 is 23.0 Å². The summed E-state index contributed by atoms with van der Waals surface area (Å²) in [6.45, 7) is -0.804. The third-order valence-electron chi connectivity index (χ3n) is 1.36. The highest BCUT2D eigenvalue weighted by Crippen LogP contribution is 2.21. The van der Waals surface area contributed by atoms with Crippen LogP contribution in [0.3, 0.4) is 0 Å². The number of hydrogen-bond donors (Lipinski definition) is 4. The molecule has 0 rings (SSSR count). The molecule has 7 nitrogen and oxygen atoms in total. The quantitative estimate of drug-likeness (QED) is 0.208. The molecule has 0 saturated heterocycles. The molecule has 0 aliphatic rings. The van der Waals surface area contributed by atoms with Crippen molar-refractivity contribution in [2.24, 2.45) is 0 Å². The SMILES string of the molecule is O=C(CS)OC(=O)C(S)(OCCO)OC(=O)CS. The van der Waals surface area contributed by atoms with E-state index in [9.17, 15) is 14.4 Å². The van der Waals surface area contributed by atoms with Gasteiger partial charge in [0.15, 0.2) is 0 Å². The average Bonchev–Trinajstić information content (AvgIpc) is 2.35. The number of aliphatic hydroxyl groups excluding tert-OH is 1. The van der Waals surface area contributed by atoms with Gasteiger partial charge in [-0.3, -0.25) is 9.59 Å². The molecule has 0 aromatic rings. The normalized spacial score (nSPS) is 13.6. The van der Waals surface area contributed by atoms with E-state index in [0.29, 0.717) is 0 Å². The minimum atomic E-state index is -2.42. The van der Waals surface area contributed by atoms with E-state index in [0.717, 1.165) is 0 Å². The lowest BCUT2D eigenvalue weighted by atomic mass is 10.6. The Morgan fingerprint density at radius 2 is 1.67 bits per heavy atom. The van der Waals surface area contributed by atoms with E-state index < -0.39 is 29.6 Å². The van der Waals surface area contributed by atoms with E-state index in [1.54, 1.807) is 0 Å². The zero-order valence-electron chi connectivity index (χ0n) is 9.07. The van der Waals surface area contributed by atoms with Gasteiger partial charge in [-0.05, 0) is 0 Å². The van der Waals surface area contributed by atoms with Crippen molar-refractivity contribution in [2.75, 3.05) is 24.7 Å². The standard InChI is InChI=1S/C8H12O7S3/c9-1-2-13-8(18,15-6(11)4-17)7(12)14-5(10)3-16/h9,16-18H,1-4H2. The lowest BCUT2D eigenvalue weighted by Gasteiger charge is -2.24. The molecular formula is C8H12O7S3. The summed E-state index contributed by atoms with van der Waals surface area (Å²) in [5, 5.41) is 6.17. The molecule has 0 radical (unpaired) electrons. The van der Waals surface area contributed by atoms with Crippen molar-refractivity contribution < 1.29 is 33.7 Å². The molecule has 10 heteroatoms. The fourth-order valence-electron chi connectivity index (χ4n) is 0.701. The molecule has 1 unspecified atom stereocenters. The Balaban J connectivity index is 4.77. The second kappa shape index (κ2) is 8.64. The first-order chi connectivity index (χ1) is 8.39. The van der Waals surface area contributed by atoms with E-state index in [1.165, 1.54) is 0 Å². The van der Waals surface area contributed by atoms with Crippen LogP contribution in [0, 0.1) is 0 Å². The Morgan fingerprint density at radius 1 is 1.11 bits per heavy atom. The van der Waals surface area contributed by atoms with Crippen LogP contribution in [0.15, 0.2) is 0 Å². The fourth-order valence-corrected chi connectivity index (χ4v) is 1.07. The Kier molecular flexibility index (Phi) is 8.44. The van der Waals surface area contributed by atoms with Crippen molar-refractivity contribution in [3.05, 3.63) is 0 Å². The molecule has 0 fully saturated rings. The second-order valence-electron chi connectivity index (χ2n) is 2.71. The van der Waals surface area contributed by atoms with Gasteiger partial charge in [-0.2, -0.15) is 25.3 Å². The maximum Gasteiger partial charge on any atom is 0.399 e. The lowest BCUT2D eigenvalue weighted by Crippen LogP contribution is -2.44. The number of hydrogen-bond acceptors (Lipinski definition) is 10. The van der Waals surface area contributed by atoms with Gasteiger partial charge in [-0.1, -0.05) is 12.6 Å². The van der Waals surface area contributed by atoms with E-state index in [1.807, 2.05) is 0 Å². The maximum absolute atomic E-state index is 11.5. The largest absolute Gasteiger partial charge is 0.412 e. The summed E-state index contributed by atoms with van der Waals surface area (Å²) < 4.78 is 13.6. The topological polar surface area (TPSA) is 99.1 Å². The van der Waals surface area contributed by atoms with Crippen molar-refractivity contribution in [3.8, 4) is 0 Å². The summed E-state index contributed by atoms with van der Waals surface area (Å²) in [5.74, 6) is -3.90. The number of thiol groups is 3. The van der Waals surface area contributed by atoms with Crippen LogP contribution in [-0.2, 0) is 28.6 Å². The van der Waals surface area contributed by atoms with Crippen LogP contribution in [0.5, 0.6) is 0 Å². The van der Waals surface area contributed by atoms with Crippen LogP contribution in [0.2, 0.25) is 0 Å². The van der Waals surface area contributed by atoms with Gasteiger partial charge in [-0.25, -0.2) is 4.79 Å². The Morgan fingerprint density at radius 3 is 2.11 bits per heavy atom. The molecule has 0 aromatic heterocycles. The first kappa shape index (κ1) is 17.6. The second-order valence-corrected chi connectivity index (χ2v) is 3.93. The molecule has 0 heterocycles. The predicted octanol–water partition coefficient (Wildman–Crippen LogP) is -0.949. The number of aliphatic hydroxyl groups is 1. The number of esters is 3. The van der Waals surface area contributed by atoms with Crippen molar-refractivity contribution >= 4 is 55.8 Å². The molecule has 1 N–H and O–H groups in total. The molecule has 0 aliphatic heterocycles. The molecule has 1 atom stereocenters. The van der Waals surface area contributed by atoms with Crippen LogP contribution in [0.25, 0.3) is 0 Å². The van der Waals surface area contributed by atoms with Gasteiger partial charge in [0, 0.05) is 0 Å². The number of ether oxygens (including phenoxy) is 3. The van der Waals surface area contributed by atoms with Gasteiger partial charge in [0.25, 0.3) is 0 Å². The number of carbonyl (C=O) groups is 3. The molecule has 0 spiro atoms. The highest BCUT2D eigenvalue weighted by molar-refractivity contribution is 7.82. The lowest BCUT2D eigenvalue weighted by molar-refractivity contribution is -0.211. The Labute approximate surface area is 119 Å². The molecule has 0 bridgehead atoms. The summed E-state index contributed by atoms with van der Waals surface area (Å²) >= 11 is 10.9. The molecule has 104 valence electrons.